The molecule has 0 spiro atoms. The number of amides is 1. The molecule has 1 fully saturated rings. The maximum Gasteiger partial charge on any atom is 0.339 e. The summed E-state index contributed by atoms with van der Waals surface area (Å²) in [6, 6.07) is 11.3. The monoisotopic (exact) mass is 341 g/mol. The summed E-state index contributed by atoms with van der Waals surface area (Å²) in [6.07, 6.45) is 0.964. The first kappa shape index (κ1) is 17.0. The number of ether oxygens (including phenoxy) is 1. The van der Waals surface area contributed by atoms with Crippen LogP contribution in [-0.4, -0.2) is 41.8 Å². The normalized spacial score (nSPS) is 16.6. The van der Waals surface area contributed by atoms with Crippen molar-refractivity contribution in [1.29, 1.82) is 0 Å². The Morgan fingerprint density at radius 2 is 1.84 bits per heavy atom. The SMILES string of the molecule is O=C(NC[C@H]1CCOC1)c1ccc(-c2ccc(O)c(C(=O)O)c2)cc1. The van der Waals surface area contributed by atoms with Gasteiger partial charge in [-0.1, -0.05) is 18.2 Å². The van der Waals surface area contributed by atoms with Crippen LogP contribution in [0.3, 0.4) is 0 Å². The fraction of sp³-hybridized carbons (Fsp3) is 0.263. The third kappa shape index (κ3) is 3.97. The van der Waals surface area contributed by atoms with Crippen molar-refractivity contribution in [2.75, 3.05) is 19.8 Å². The number of carboxylic acids is 1. The summed E-state index contributed by atoms with van der Waals surface area (Å²) < 4.78 is 5.28. The smallest absolute Gasteiger partial charge is 0.339 e. The Bertz CT molecular complexity index is 779. The first-order valence-corrected chi connectivity index (χ1v) is 8.07. The summed E-state index contributed by atoms with van der Waals surface area (Å²) in [5.74, 6) is -1.24. The first-order chi connectivity index (χ1) is 12.0. The minimum absolute atomic E-state index is 0.143. The molecular weight excluding hydrogens is 322 g/mol. The van der Waals surface area contributed by atoms with Gasteiger partial charge in [-0.2, -0.15) is 0 Å². The summed E-state index contributed by atoms with van der Waals surface area (Å²) in [5, 5.41) is 21.6. The van der Waals surface area contributed by atoms with E-state index in [0.29, 0.717) is 30.2 Å². The van der Waals surface area contributed by atoms with E-state index in [0.717, 1.165) is 18.6 Å². The zero-order chi connectivity index (χ0) is 17.8. The van der Waals surface area contributed by atoms with Crippen LogP contribution in [0.5, 0.6) is 5.75 Å². The van der Waals surface area contributed by atoms with Crippen molar-refractivity contribution < 1.29 is 24.5 Å². The highest BCUT2D eigenvalue weighted by atomic mass is 16.5. The zero-order valence-corrected chi connectivity index (χ0v) is 13.6. The fourth-order valence-electron chi connectivity index (χ4n) is 2.78. The molecule has 1 heterocycles. The van der Waals surface area contributed by atoms with E-state index < -0.39 is 5.97 Å². The lowest BCUT2D eigenvalue weighted by molar-refractivity contribution is 0.0693. The second kappa shape index (κ2) is 7.36. The number of rotatable bonds is 5. The third-order valence-corrected chi connectivity index (χ3v) is 4.28. The van der Waals surface area contributed by atoms with Gasteiger partial charge in [-0.05, 0) is 41.8 Å². The van der Waals surface area contributed by atoms with Crippen molar-refractivity contribution >= 4 is 11.9 Å². The van der Waals surface area contributed by atoms with Gasteiger partial charge < -0.3 is 20.3 Å². The summed E-state index contributed by atoms with van der Waals surface area (Å²) in [6.45, 7) is 2.03. The van der Waals surface area contributed by atoms with Crippen molar-refractivity contribution in [2.24, 2.45) is 5.92 Å². The average Bonchev–Trinajstić information content (AvgIpc) is 3.13. The van der Waals surface area contributed by atoms with E-state index in [9.17, 15) is 14.7 Å². The van der Waals surface area contributed by atoms with E-state index in [1.807, 2.05) is 0 Å². The molecule has 0 saturated carbocycles. The molecule has 25 heavy (non-hydrogen) atoms. The van der Waals surface area contributed by atoms with Crippen LogP contribution in [-0.2, 0) is 4.74 Å². The highest BCUT2D eigenvalue weighted by molar-refractivity contribution is 5.95. The van der Waals surface area contributed by atoms with Gasteiger partial charge in [0.2, 0.25) is 0 Å². The number of carboxylic acid groups (broad SMARTS) is 1. The van der Waals surface area contributed by atoms with Crippen molar-refractivity contribution in [3.05, 3.63) is 53.6 Å². The van der Waals surface area contributed by atoms with Gasteiger partial charge in [-0.25, -0.2) is 4.79 Å². The zero-order valence-electron chi connectivity index (χ0n) is 13.6. The molecule has 1 saturated heterocycles. The largest absolute Gasteiger partial charge is 0.507 e. The molecule has 130 valence electrons. The van der Waals surface area contributed by atoms with Crippen LogP contribution >= 0.6 is 0 Å². The molecule has 1 aliphatic rings. The van der Waals surface area contributed by atoms with Gasteiger partial charge in [0.15, 0.2) is 0 Å². The van der Waals surface area contributed by atoms with Gasteiger partial charge in [0.1, 0.15) is 11.3 Å². The quantitative estimate of drug-likeness (QED) is 0.777. The number of hydrogen-bond donors (Lipinski definition) is 3. The molecule has 1 aliphatic heterocycles. The topological polar surface area (TPSA) is 95.9 Å². The molecule has 6 heteroatoms. The third-order valence-electron chi connectivity index (χ3n) is 4.28. The van der Waals surface area contributed by atoms with E-state index in [2.05, 4.69) is 5.32 Å². The van der Waals surface area contributed by atoms with Gasteiger partial charge in [-0.15, -0.1) is 0 Å². The van der Waals surface area contributed by atoms with Crippen molar-refractivity contribution in [3.8, 4) is 16.9 Å². The van der Waals surface area contributed by atoms with Crippen LogP contribution in [0.15, 0.2) is 42.5 Å². The molecule has 0 bridgehead atoms. The lowest BCUT2D eigenvalue weighted by Crippen LogP contribution is -2.29. The number of aromatic carboxylic acids is 1. The predicted molar refractivity (Wildman–Crippen MR) is 91.8 cm³/mol. The Kier molecular flexibility index (Phi) is 5.00. The molecule has 3 N–H and O–H groups in total. The average molecular weight is 341 g/mol. The number of carbonyl (C=O) groups excluding carboxylic acids is 1. The van der Waals surface area contributed by atoms with Crippen molar-refractivity contribution in [2.45, 2.75) is 6.42 Å². The Hall–Kier alpha value is -2.86. The van der Waals surface area contributed by atoms with Crippen LogP contribution in [0.25, 0.3) is 11.1 Å². The second-order valence-corrected chi connectivity index (χ2v) is 6.05. The van der Waals surface area contributed by atoms with Gasteiger partial charge in [0.05, 0.1) is 6.61 Å². The van der Waals surface area contributed by atoms with E-state index >= 15 is 0 Å². The second-order valence-electron chi connectivity index (χ2n) is 6.05. The molecule has 0 aliphatic carbocycles. The fourth-order valence-corrected chi connectivity index (χ4v) is 2.78. The molecule has 0 aromatic heterocycles. The summed E-state index contributed by atoms with van der Waals surface area (Å²) in [5.41, 5.74) is 1.81. The minimum Gasteiger partial charge on any atom is -0.507 e. The predicted octanol–water partition coefficient (Wildman–Crippen LogP) is 2.52. The summed E-state index contributed by atoms with van der Waals surface area (Å²) in [7, 11) is 0. The number of aromatic hydroxyl groups is 1. The van der Waals surface area contributed by atoms with Crippen LogP contribution in [0.1, 0.15) is 27.1 Å². The van der Waals surface area contributed by atoms with Crippen LogP contribution in [0.2, 0.25) is 0 Å². The van der Waals surface area contributed by atoms with Crippen LogP contribution in [0.4, 0.5) is 0 Å². The number of hydrogen-bond acceptors (Lipinski definition) is 4. The van der Waals surface area contributed by atoms with E-state index in [1.54, 1.807) is 30.3 Å². The van der Waals surface area contributed by atoms with E-state index in [1.165, 1.54) is 12.1 Å². The van der Waals surface area contributed by atoms with Crippen LogP contribution in [0, 0.1) is 5.92 Å². The Morgan fingerprint density at radius 1 is 1.12 bits per heavy atom. The molecule has 0 radical (unpaired) electrons. The summed E-state index contributed by atoms with van der Waals surface area (Å²) in [4.78, 5) is 23.3. The van der Waals surface area contributed by atoms with Crippen LogP contribution < -0.4 is 5.32 Å². The van der Waals surface area contributed by atoms with E-state index in [4.69, 9.17) is 9.84 Å². The van der Waals surface area contributed by atoms with Gasteiger partial charge >= 0.3 is 5.97 Å². The van der Waals surface area contributed by atoms with Crippen molar-refractivity contribution in [3.63, 3.8) is 0 Å². The molecule has 2 aromatic rings. The molecule has 0 unspecified atom stereocenters. The maximum atomic E-state index is 12.2. The van der Waals surface area contributed by atoms with E-state index in [-0.39, 0.29) is 17.2 Å². The molecule has 1 atom stereocenters. The molecule has 3 rings (SSSR count). The maximum absolute atomic E-state index is 12.2. The first-order valence-electron chi connectivity index (χ1n) is 8.07. The molecule has 1 amide bonds. The Labute approximate surface area is 145 Å². The van der Waals surface area contributed by atoms with Crippen molar-refractivity contribution in [1.82, 2.24) is 5.32 Å². The lowest BCUT2D eigenvalue weighted by Gasteiger charge is -2.10. The minimum atomic E-state index is -1.19. The van der Waals surface area contributed by atoms with Gasteiger partial charge in [-0.3, -0.25) is 4.79 Å². The van der Waals surface area contributed by atoms with Gasteiger partial charge in [0, 0.05) is 24.6 Å². The number of benzene rings is 2. The number of carbonyl (C=O) groups is 2. The molecule has 2 aromatic carbocycles. The van der Waals surface area contributed by atoms with Gasteiger partial charge in [0.25, 0.3) is 5.91 Å². The molecular formula is C19H19NO5. The highest BCUT2D eigenvalue weighted by Crippen LogP contribution is 2.26. The lowest BCUT2D eigenvalue weighted by atomic mass is 10.0. The Morgan fingerprint density at radius 3 is 2.48 bits per heavy atom. The molecule has 6 nitrogen and oxygen atoms in total. The number of nitrogens with one attached hydrogen (secondary N) is 1. The highest BCUT2D eigenvalue weighted by Gasteiger charge is 2.17. The summed E-state index contributed by atoms with van der Waals surface area (Å²) >= 11 is 0. The Balaban J connectivity index is 1.70. The standard InChI is InChI=1S/C19H19NO5/c21-17-6-5-15(9-16(17)19(23)24)13-1-3-14(4-2-13)18(22)20-10-12-7-8-25-11-12/h1-6,9,12,21H,7-8,10-11H2,(H,20,22)(H,23,24)/t12-/m1/s1. The number of phenols is 1.